The molecule has 92 valence electrons. The maximum absolute atomic E-state index is 6.04. The smallest absolute Gasteiger partial charge is 0.160 e. The first kappa shape index (κ1) is 11.9. The van der Waals surface area contributed by atoms with Gasteiger partial charge in [-0.05, 0) is 17.9 Å². The Morgan fingerprint density at radius 1 is 1.41 bits per heavy atom. The lowest BCUT2D eigenvalue weighted by Crippen LogP contribution is -2.18. The molecule has 2 heterocycles. The van der Waals surface area contributed by atoms with Gasteiger partial charge in [0, 0.05) is 18.0 Å². The third-order valence-electron chi connectivity index (χ3n) is 3.25. The van der Waals surface area contributed by atoms with Crippen LogP contribution in [0.4, 0.5) is 5.82 Å². The highest BCUT2D eigenvalue weighted by Gasteiger charge is 2.28. The summed E-state index contributed by atoms with van der Waals surface area (Å²) in [7, 11) is 0. The second kappa shape index (κ2) is 4.35. The average Bonchev–Trinajstić information content (AvgIpc) is 2.63. The highest BCUT2D eigenvalue weighted by molar-refractivity contribution is 5.62. The fourth-order valence-electron chi connectivity index (χ4n) is 2.30. The number of anilines is 1. The van der Waals surface area contributed by atoms with Crippen LogP contribution in [0.1, 0.15) is 45.6 Å². The van der Waals surface area contributed by atoms with Crippen LogP contribution in [0.2, 0.25) is 0 Å². The first-order chi connectivity index (χ1) is 8.06. The molecule has 0 atom stereocenters. The van der Waals surface area contributed by atoms with Crippen LogP contribution in [0.15, 0.2) is 18.5 Å². The predicted octanol–water partition coefficient (Wildman–Crippen LogP) is 2.78. The predicted molar refractivity (Wildman–Crippen MR) is 70.0 cm³/mol. The van der Waals surface area contributed by atoms with Crippen LogP contribution in [0.25, 0.3) is 5.65 Å². The van der Waals surface area contributed by atoms with Crippen LogP contribution in [0.3, 0.4) is 0 Å². The topological polar surface area (TPSA) is 56.2 Å². The Labute approximate surface area is 102 Å². The SMILES string of the molecule is CCCCC(C)(C)c1c(N)nn2cccnc12. The molecule has 0 aliphatic rings. The standard InChI is InChI=1S/C13H20N4/c1-4-5-7-13(2,3)10-11(14)16-17-9-6-8-15-12(10)17/h6,8-9H,4-5,7H2,1-3H3,(H2,14,16). The minimum Gasteiger partial charge on any atom is -0.382 e. The molecule has 0 aromatic carbocycles. The molecular weight excluding hydrogens is 212 g/mol. The maximum Gasteiger partial charge on any atom is 0.160 e. The molecule has 0 fully saturated rings. The van der Waals surface area contributed by atoms with E-state index in [1.165, 1.54) is 12.8 Å². The number of aromatic nitrogens is 3. The van der Waals surface area contributed by atoms with Crippen molar-refractivity contribution in [2.24, 2.45) is 0 Å². The summed E-state index contributed by atoms with van der Waals surface area (Å²) in [6, 6.07) is 1.86. The molecule has 0 amide bonds. The second-order valence-corrected chi connectivity index (χ2v) is 5.14. The van der Waals surface area contributed by atoms with Crippen molar-refractivity contribution < 1.29 is 0 Å². The number of hydrogen-bond acceptors (Lipinski definition) is 3. The van der Waals surface area contributed by atoms with Gasteiger partial charge in [-0.3, -0.25) is 0 Å². The van der Waals surface area contributed by atoms with E-state index in [0.717, 1.165) is 17.6 Å². The molecule has 0 spiro atoms. The second-order valence-electron chi connectivity index (χ2n) is 5.14. The maximum atomic E-state index is 6.04. The van der Waals surface area contributed by atoms with E-state index in [9.17, 15) is 0 Å². The van der Waals surface area contributed by atoms with Crippen molar-refractivity contribution in [2.75, 3.05) is 5.73 Å². The summed E-state index contributed by atoms with van der Waals surface area (Å²) in [6.45, 7) is 6.63. The molecule has 17 heavy (non-hydrogen) atoms. The van der Waals surface area contributed by atoms with Crippen molar-refractivity contribution in [1.29, 1.82) is 0 Å². The van der Waals surface area contributed by atoms with Crippen molar-refractivity contribution in [3.05, 3.63) is 24.0 Å². The van der Waals surface area contributed by atoms with E-state index in [4.69, 9.17) is 5.73 Å². The quantitative estimate of drug-likeness (QED) is 0.881. The normalized spacial score (nSPS) is 12.2. The van der Waals surface area contributed by atoms with Gasteiger partial charge in [0.25, 0.3) is 0 Å². The van der Waals surface area contributed by atoms with E-state index >= 15 is 0 Å². The monoisotopic (exact) mass is 232 g/mol. The molecule has 2 rings (SSSR count). The minimum atomic E-state index is 0.0240. The van der Waals surface area contributed by atoms with Crippen LogP contribution in [-0.4, -0.2) is 14.6 Å². The Morgan fingerprint density at radius 2 is 2.18 bits per heavy atom. The van der Waals surface area contributed by atoms with Crippen molar-refractivity contribution >= 4 is 11.5 Å². The lowest BCUT2D eigenvalue weighted by atomic mass is 9.81. The largest absolute Gasteiger partial charge is 0.382 e. The molecule has 0 unspecified atom stereocenters. The number of rotatable bonds is 4. The minimum absolute atomic E-state index is 0.0240. The van der Waals surface area contributed by atoms with Gasteiger partial charge in [0.2, 0.25) is 0 Å². The summed E-state index contributed by atoms with van der Waals surface area (Å²) in [5.74, 6) is 0.602. The van der Waals surface area contributed by atoms with E-state index in [1.807, 2.05) is 12.3 Å². The van der Waals surface area contributed by atoms with E-state index in [0.29, 0.717) is 5.82 Å². The summed E-state index contributed by atoms with van der Waals surface area (Å²) >= 11 is 0. The zero-order valence-electron chi connectivity index (χ0n) is 10.8. The van der Waals surface area contributed by atoms with Crippen molar-refractivity contribution in [3.63, 3.8) is 0 Å². The van der Waals surface area contributed by atoms with E-state index < -0.39 is 0 Å². The Morgan fingerprint density at radius 3 is 2.88 bits per heavy atom. The fourth-order valence-corrected chi connectivity index (χ4v) is 2.30. The van der Waals surface area contributed by atoms with E-state index in [-0.39, 0.29) is 5.41 Å². The van der Waals surface area contributed by atoms with Gasteiger partial charge >= 0.3 is 0 Å². The Bertz CT molecular complexity index is 513. The molecule has 2 N–H and O–H groups in total. The van der Waals surface area contributed by atoms with Gasteiger partial charge in [-0.15, -0.1) is 5.10 Å². The van der Waals surface area contributed by atoms with Gasteiger partial charge in [0.15, 0.2) is 11.5 Å². The lowest BCUT2D eigenvalue weighted by molar-refractivity contribution is 0.462. The molecule has 2 aromatic rings. The number of unbranched alkanes of at least 4 members (excludes halogenated alkanes) is 1. The van der Waals surface area contributed by atoms with Crippen molar-refractivity contribution in [2.45, 2.75) is 45.4 Å². The van der Waals surface area contributed by atoms with E-state index in [1.54, 1.807) is 10.7 Å². The summed E-state index contributed by atoms with van der Waals surface area (Å²) in [5.41, 5.74) is 8.02. The summed E-state index contributed by atoms with van der Waals surface area (Å²) in [6.07, 6.45) is 7.16. The molecular formula is C13H20N4. The van der Waals surface area contributed by atoms with Crippen LogP contribution in [0.5, 0.6) is 0 Å². The number of nitrogens with zero attached hydrogens (tertiary/aromatic N) is 3. The van der Waals surface area contributed by atoms with Gasteiger partial charge in [-0.2, -0.15) is 0 Å². The van der Waals surface area contributed by atoms with Gasteiger partial charge in [0.05, 0.1) is 0 Å². The molecule has 0 saturated heterocycles. The van der Waals surface area contributed by atoms with Gasteiger partial charge < -0.3 is 5.73 Å². The van der Waals surface area contributed by atoms with Crippen LogP contribution in [-0.2, 0) is 5.41 Å². The number of nitrogens with two attached hydrogens (primary N) is 1. The highest BCUT2D eigenvalue weighted by atomic mass is 15.3. The first-order valence-corrected chi connectivity index (χ1v) is 6.15. The highest BCUT2D eigenvalue weighted by Crippen LogP contribution is 2.34. The molecule has 2 aromatic heterocycles. The molecule has 0 radical (unpaired) electrons. The van der Waals surface area contributed by atoms with Crippen LogP contribution < -0.4 is 5.73 Å². The number of hydrogen-bond donors (Lipinski definition) is 1. The number of nitrogen functional groups attached to an aromatic ring is 1. The molecule has 0 aliphatic heterocycles. The molecule has 4 heteroatoms. The van der Waals surface area contributed by atoms with Crippen LogP contribution >= 0.6 is 0 Å². The zero-order chi connectivity index (χ0) is 12.5. The third-order valence-corrected chi connectivity index (χ3v) is 3.25. The van der Waals surface area contributed by atoms with E-state index in [2.05, 4.69) is 30.9 Å². The molecule has 4 nitrogen and oxygen atoms in total. The summed E-state index contributed by atoms with van der Waals surface area (Å²) in [5, 5.41) is 4.32. The van der Waals surface area contributed by atoms with Crippen molar-refractivity contribution in [1.82, 2.24) is 14.6 Å². The summed E-state index contributed by atoms with van der Waals surface area (Å²) < 4.78 is 1.76. The first-order valence-electron chi connectivity index (χ1n) is 6.15. The van der Waals surface area contributed by atoms with Gasteiger partial charge in [0.1, 0.15) is 0 Å². The van der Waals surface area contributed by atoms with Crippen LogP contribution in [0, 0.1) is 0 Å². The van der Waals surface area contributed by atoms with Gasteiger partial charge in [-0.1, -0.05) is 33.6 Å². The van der Waals surface area contributed by atoms with Gasteiger partial charge in [-0.25, -0.2) is 9.50 Å². The molecule has 0 bridgehead atoms. The number of fused-ring (bicyclic) bond motifs is 1. The average molecular weight is 232 g/mol. The van der Waals surface area contributed by atoms with Crippen molar-refractivity contribution in [3.8, 4) is 0 Å². The Balaban J connectivity index is 2.50. The molecule has 0 aliphatic carbocycles. The Hall–Kier alpha value is -1.58. The third kappa shape index (κ3) is 2.12. The lowest BCUT2D eigenvalue weighted by Gasteiger charge is -2.23. The fraction of sp³-hybridized carbons (Fsp3) is 0.538. The summed E-state index contributed by atoms with van der Waals surface area (Å²) in [4.78, 5) is 4.40. The Kier molecular flexibility index (Phi) is 3.05. The molecule has 0 saturated carbocycles. The zero-order valence-corrected chi connectivity index (χ0v) is 10.8.